The topological polar surface area (TPSA) is 39.1 Å². The van der Waals surface area contributed by atoms with E-state index in [9.17, 15) is 0 Å². The quantitative estimate of drug-likeness (QED) is 0.767. The van der Waals surface area contributed by atoms with Crippen LogP contribution in [0.15, 0.2) is 0 Å². The molecule has 0 aromatic carbocycles. The fourth-order valence-corrected chi connectivity index (χ4v) is 2.85. The molecule has 0 bridgehead atoms. The van der Waals surface area contributed by atoms with Crippen LogP contribution >= 0.6 is 0 Å². The second-order valence-corrected chi connectivity index (χ2v) is 4.75. The molecule has 1 N–H and O–H groups in total. The van der Waals surface area contributed by atoms with E-state index in [1.807, 2.05) is 0 Å². The van der Waals surface area contributed by atoms with Crippen LogP contribution in [-0.4, -0.2) is 29.5 Å². The Morgan fingerprint density at radius 3 is 3.00 bits per heavy atom. The Bertz CT molecular complexity index is 380. The minimum atomic E-state index is 0.614. The van der Waals surface area contributed by atoms with Crippen LogP contribution in [0.3, 0.4) is 0 Å². The van der Waals surface area contributed by atoms with Gasteiger partial charge in [0.05, 0.1) is 5.69 Å². The van der Waals surface area contributed by atoms with Gasteiger partial charge in [0.1, 0.15) is 0 Å². The molecule has 88 valence electrons. The molecule has 4 nitrogen and oxygen atoms in total. The Kier molecular flexibility index (Phi) is 2.69. The molecule has 0 radical (unpaired) electrons. The van der Waals surface area contributed by atoms with E-state index in [4.69, 9.17) is 9.84 Å². The number of ether oxygens (including phenoxy) is 1. The van der Waals surface area contributed by atoms with Crippen molar-refractivity contribution in [2.24, 2.45) is 7.05 Å². The van der Waals surface area contributed by atoms with Gasteiger partial charge >= 0.3 is 0 Å². The van der Waals surface area contributed by atoms with Crippen molar-refractivity contribution in [2.75, 3.05) is 19.8 Å². The van der Waals surface area contributed by atoms with Crippen LogP contribution in [0.1, 0.15) is 35.7 Å². The fraction of sp³-hybridized carbons (Fsp3) is 0.750. The summed E-state index contributed by atoms with van der Waals surface area (Å²) >= 11 is 0. The lowest BCUT2D eigenvalue weighted by Gasteiger charge is -2.22. The Balaban J connectivity index is 1.93. The first-order valence-electron chi connectivity index (χ1n) is 6.19. The number of nitrogens with zero attached hydrogens (tertiary/aromatic N) is 2. The summed E-state index contributed by atoms with van der Waals surface area (Å²) in [6.45, 7) is 3.86. The van der Waals surface area contributed by atoms with Crippen LogP contribution in [0.4, 0.5) is 0 Å². The third kappa shape index (κ3) is 1.66. The Labute approximate surface area is 96.0 Å². The van der Waals surface area contributed by atoms with Crippen LogP contribution in [0.25, 0.3) is 0 Å². The van der Waals surface area contributed by atoms with Crippen molar-refractivity contribution >= 4 is 0 Å². The van der Waals surface area contributed by atoms with Gasteiger partial charge in [-0.3, -0.25) is 4.68 Å². The van der Waals surface area contributed by atoms with E-state index in [1.54, 1.807) is 0 Å². The molecule has 0 aliphatic carbocycles. The highest BCUT2D eigenvalue weighted by molar-refractivity contribution is 5.31. The van der Waals surface area contributed by atoms with Gasteiger partial charge < -0.3 is 10.1 Å². The van der Waals surface area contributed by atoms with Crippen molar-refractivity contribution in [3.05, 3.63) is 17.0 Å². The zero-order chi connectivity index (χ0) is 11.0. The number of nitrogens with one attached hydrogen (secondary N) is 1. The van der Waals surface area contributed by atoms with Gasteiger partial charge in [-0.25, -0.2) is 0 Å². The van der Waals surface area contributed by atoms with E-state index < -0.39 is 0 Å². The molecule has 0 atom stereocenters. The minimum absolute atomic E-state index is 0.614. The van der Waals surface area contributed by atoms with Crippen molar-refractivity contribution < 1.29 is 4.74 Å². The molecule has 0 saturated carbocycles. The van der Waals surface area contributed by atoms with E-state index in [1.165, 1.54) is 17.0 Å². The second kappa shape index (κ2) is 4.18. The first-order chi connectivity index (χ1) is 7.86. The molecule has 1 fully saturated rings. The van der Waals surface area contributed by atoms with E-state index in [0.29, 0.717) is 5.92 Å². The van der Waals surface area contributed by atoms with Crippen molar-refractivity contribution in [3.8, 4) is 0 Å². The first-order valence-corrected chi connectivity index (χ1v) is 6.19. The highest BCUT2D eigenvalue weighted by atomic mass is 16.5. The van der Waals surface area contributed by atoms with Gasteiger partial charge in [-0.15, -0.1) is 0 Å². The molecule has 16 heavy (non-hydrogen) atoms. The van der Waals surface area contributed by atoms with Crippen molar-refractivity contribution in [1.29, 1.82) is 0 Å². The normalized spacial score (nSPS) is 22.1. The highest BCUT2D eigenvalue weighted by Crippen LogP contribution is 2.31. The van der Waals surface area contributed by atoms with Crippen molar-refractivity contribution in [1.82, 2.24) is 15.1 Å². The zero-order valence-corrected chi connectivity index (χ0v) is 9.83. The first kappa shape index (κ1) is 10.3. The van der Waals surface area contributed by atoms with Crippen LogP contribution in [0.2, 0.25) is 0 Å². The summed E-state index contributed by atoms with van der Waals surface area (Å²) in [6, 6.07) is 0. The largest absolute Gasteiger partial charge is 0.381 e. The SMILES string of the molecule is Cn1nc(C2CCOCC2)c2c1CCNC2. The summed E-state index contributed by atoms with van der Waals surface area (Å²) in [6.07, 6.45) is 3.37. The number of hydrogen-bond donors (Lipinski definition) is 1. The van der Waals surface area contributed by atoms with Gasteiger partial charge in [0.2, 0.25) is 0 Å². The molecule has 3 rings (SSSR count). The summed E-state index contributed by atoms with van der Waals surface area (Å²) in [7, 11) is 2.08. The zero-order valence-electron chi connectivity index (χ0n) is 9.83. The summed E-state index contributed by atoms with van der Waals surface area (Å²) in [5.74, 6) is 0.614. The number of fused-ring (bicyclic) bond motifs is 1. The molecule has 1 saturated heterocycles. The lowest BCUT2D eigenvalue weighted by Crippen LogP contribution is -2.25. The molecule has 4 heteroatoms. The Morgan fingerprint density at radius 1 is 1.38 bits per heavy atom. The molecule has 0 unspecified atom stereocenters. The molecule has 0 spiro atoms. The number of aryl methyl sites for hydroxylation is 1. The average molecular weight is 221 g/mol. The minimum Gasteiger partial charge on any atom is -0.381 e. The molecular formula is C12H19N3O. The number of hydrogen-bond acceptors (Lipinski definition) is 3. The van der Waals surface area contributed by atoms with Gasteiger partial charge in [-0.05, 0) is 12.8 Å². The van der Waals surface area contributed by atoms with Gasteiger partial charge in [0.25, 0.3) is 0 Å². The molecule has 2 aliphatic rings. The summed E-state index contributed by atoms with van der Waals surface area (Å²) in [4.78, 5) is 0. The van der Waals surface area contributed by atoms with Crippen molar-refractivity contribution in [3.63, 3.8) is 0 Å². The smallest absolute Gasteiger partial charge is 0.0704 e. The van der Waals surface area contributed by atoms with Gasteiger partial charge in [0.15, 0.2) is 0 Å². The molecule has 2 aliphatic heterocycles. The molecular weight excluding hydrogens is 202 g/mol. The van der Waals surface area contributed by atoms with Gasteiger partial charge in [-0.2, -0.15) is 5.10 Å². The number of rotatable bonds is 1. The molecule has 1 aromatic heterocycles. The third-order valence-corrected chi connectivity index (χ3v) is 3.75. The monoisotopic (exact) mass is 221 g/mol. The summed E-state index contributed by atoms with van der Waals surface area (Å²) < 4.78 is 7.51. The standard InChI is InChI=1S/C12H19N3O/c1-15-11-2-5-13-8-10(11)12(14-15)9-3-6-16-7-4-9/h9,13H,2-8H2,1H3. The summed E-state index contributed by atoms with van der Waals surface area (Å²) in [5, 5.41) is 8.19. The van der Waals surface area contributed by atoms with E-state index in [0.717, 1.165) is 45.6 Å². The third-order valence-electron chi connectivity index (χ3n) is 3.75. The van der Waals surface area contributed by atoms with Crippen LogP contribution < -0.4 is 5.32 Å². The van der Waals surface area contributed by atoms with Gasteiger partial charge in [-0.1, -0.05) is 0 Å². The second-order valence-electron chi connectivity index (χ2n) is 4.75. The number of aromatic nitrogens is 2. The lowest BCUT2D eigenvalue weighted by molar-refractivity contribution is 0.0842. The van der Waals surface area contributed by atoms with Crippen LogP contribution in [0, 0.1) is 0 Å². The predicted octanol–water partition coefficient (Wildman–Crippen LogP) is 0.960. The highest BCUT2D eigenvalue weighted by Gasteiger charge is 2.26. The molecule has 3 heterocycles. The maximum Gasteiger partial charge on any atom is 0.0704 e. The molecule has 0 amide bonds. The van der Waals surface area contributed by atoms with E-state index in [-0.39, 0.29) is 0 Å². The predicted molar refractivity (Wildman–Crippen MR) is 61.4 cm³/mol. The fourth-order valence-electron chi connectivity index (χ4n) is 2.85. The van der Waals surface area contributed by atoms with Gasteiger partial charge in [0, 0.05) is 56.9 Å². The molecule has 1 aromatic rings. The summed E-state index contributed by atoms with van der Waals surface area (Å²) in [5.41, 5.74) is 4.22. The Hall–Kier alpha value is -0.870. The van der Waals surface area contributed by atoms with Crippen molar-refractivity contribution in [2.45, 2.75) is 31.7 Å². The van der Waals surface area contributed by atoms with E-state index >= 15 is 0 Å². The average Bonchev–Trinajstić information content (AvgIpc) is 2.69. The van der Waals surface area contributed by atoms with Crippen LogP contribution in [-0.2, 0) is 24.8 Å². The van der Waals surface area contributed by atoms with E-state index in [2.05, 4.69) is 17.0 Å². The maximum atomic E-state index is 5.42. The Morgan fingerprint density at radius 2 is 2.19 bits per heavy atom. The van der Waals surface area contributed by atoms with Crippen LogP contribution in [0.5, 0.6) is 0 Å². The lowest BCUT2D eigenvalue weighted by atomic mass is 9.92. The maximum absolute atomic E-state index is 5.42.